The molecule has 0 heterocycles. The molecule has 4 heteroatoms. The van der Waals surface area contributed by atoms with Gasteiger partial charge in [-0.3, -0.25) is 4.79 Å². The van der Waals surface area contributed by atoms with E-state index in [0.717, 1.165) is 18.9 Å². The molecule has 0 bridgehead atoms. The summed E-state index contributed by atoms with van der Waals surface area (Å²) < 4.78 is 0. The van der Waals surface area contributed by atoms with Crippen LogP contribution in [0.25, 0.3) is 0 Å². The number of carbonyl (C=O) groups is 1. The Morgan fingerprint density at radius 1 is 1.35 bits per heavy atom. The summed E-state index contributed by atoms with van der Waals surface area (Å²) in [5.74, 6) is 1.05. The molecule has 0 atom stereocenters. The van der Waals surface area contributed by atoms with Gasteiger partial charge in [0, 0.05) is 25.9 Å². The molecule has 0 aromatic carbocycles. The fraction of sp³-hybridized carbons (Fsp3) is 0.846. The second kappa shape index (κ2) is 7.64. The molecule has 0 spiro atoms. The predicted octanol–water partition coefficient (Wildman–Crippen LogP) is 2.48. The van der Waals surface area contributed by atoms with Gasteiger partial charge in [0.05, 0.1) is 4.99 Å². The van der Waals surface area contributed by atoms with Crippen molar-refractivity contribution in [1.29, 1.82) is 0 Å². The van der Waals surface area contributed by atoms with Crippen LogP contribution in [-0.2, 0) is 4.79 Å². The molecule has 98 valence electrons. The molecule has 0 unspecified atom stereocenters. The lowest BCUT2D eigenvalue weighted by molar-refractivity contribution is -0.131. The molecule has 1 amide bonds. The first-order valence-electron chi connectivity index (χ1n) is 6.69. The molecule has 0 aromatic rings. The van der Waals surface area contributed by atoms with E-state index in [1.165, 1.54) is 25.7 Å². The Hall–Kier alpha value is -0.640. The first-order valence-corrected chi connectivity index (χ1v) is 7.10. The van der Waals surface area contributed by atoms with Crippen LogP contribution in [0, 0.1) is 5.92 Å². The Labute approximate surface area is 110 Å². The van der Waals surface area contributed by atoms with E-state index in [9.17, 15) is 4.79 Å². The number of carbonyl (C=O) groups excluding carboxylic acids is 1. The van der Waals surface area contributed by atoms with Crippen molar-refractivity contribution in [2.24, 2.45) is 11.7 Å². The highest BCUT2D eigenvalue weighted by atomic mass is 32.1. The van der Waals surface area contributed by atoms with E-state index in [-0.39, 0.29) is 5.91 Å². The lowest BCUT2D eigenvalue weighted by Crippen LogP contribution is -2.33. The van der Waals surface area contributed by atoms with Gasteiger partial charge in [0.2, 0.25) is 5.91 Å². The van der Waals surface area contributed by atoms with E-state index in [4.69, 9.17) is 18.0 Å². The maximum absolute atomic E-state index is 12.0. The van der Waals surface area contributed by atoms with Crippen molar-refractivity contribution >= 4 is 23.1 Å². The zero-order chi connectivity index (χ0) is 12.7. The number of rotatable bonds is 7. The van der Waals surface area contributed by atoms with Crippen molar-refractivity contribution < 1.29 is 4.79 Å². The summed E-state index contributed by atoms with van der Waals surface area (Å²) in [6.07, 6.45) is 7.70. The fourth-order valence-electron chi connectivity index (χ4n) is 2.49. The maximum Gasteiger partial charge on any atom is 0.222 e. The van der Waals surface area contributed by atoms with Crippen molar-refractivity contribution in [3.05, 3.63) is 0 Å². The van der Waals surface area contributed by atoms with Crippen LogP contribution in [0.15, 0.2) is 0 Å². The summed E-state index contributed by atoms with van der Waals surface area (Å²) in [4.78, 5) is 14.3. The average molecular weight is 256 g/mol. The van der Waals surface area contributed by atoms with E-state index >= 15 is 0 Å². The summed E-state index contributed by atoms with van der Waals surface area (Å²) in [5, 5.41) is 0. The molecule has 0 aliphatic heterocycles. The van der Waals surface area contributed by atoms with E-state index in [1.54, 1.807) is 0 Å². The average Bonchev–Trinajstić information content (AvgIpc) is 2.79. The monoisotopic (exact) mass is 256 g/mol. The molecule has 1 rings (SSSR count). The lowest BCUT2D eigenvalue weighted by Gasteiger charge is -2.21. The second-order valence-electron chi connectivity index (χ2n) is 4.88. The molecule has 17 heavy (non-hydrogen) atoms. The number of hydrogen-bond donors (Lipinski definition) is 1. The highest BCUT2D eigenvalue weighted by Crippen LogP contribution is 2.28. The number of amides is 1. The van der Waals surface area contributed by atoms with Gasteiger partial charge in [-0.1, -0.05) is 37.9 Å². The van der Waals surface area contributed by atoms with E-state index in [0.29, 0.717) is 24.4 Å². The third kappa shape index (κ3) is 5.48. The molecule has 3 nitrogen and oxygen atoms in total. The number of nitrogens with zero attached hydrogens (tertiary/aromatic N) is 1. The molecule has 1 saturated carbocycles. The van der Waals surface area contributed by atoms with Crippen molar-refractivity contribution in [1.82, 2.24) is 4.90 Å². The van der Waals surface area contributed by atoms with Gasteiger partial charge < -0.3 is 10.6 Å². The molecule has 0 saturated heterocycles. The van der Waals surface area contributed by atoms with Gasteiger partial charge in [-0.05, 0) is 19.3 Å². The summed E-state index contributed by atoms with van der Waals surface area (Å²) in [6.45, 7) is 3.44. The van der Waals surface area contributed by atoms with Crippen LogP contribution in [0.5, 0.6) is 0 Å². The molecular weight excluding hydrogens is 232 g/mol. The standard InChI is InChI=1S/C13H24N2OS/c1-2-15(10-9-12(14)17)13(16)8-7-11-5-3-4-6-11/h11H,2-10H2,1H3,(H2,14,17). The molecule has 2 N–H and O–H groups in total. The van der Waals surface area contributed by atoms with Crippen LogP contribution in [-0.4, -0.2) is 28.9 Å². The molecule has 0 aromatic heterocycles. The van der Waals surface area contributed by atoms with Gasteiger partial charge in [-0.15, -0.1) is 0 Å². The van der Waals surface area contributed by atoms with E-state index in [2.05, 4.69) is 0 Å². The lowest BCUT2D eigenvalue weighted by atomic mass is 10.0. The second-order valence-corrected chi connectivity index (χ2v) is 5.40. The van der Waals surface area contributed by atoms with Crippen LogP contribution in [0.3, 0.4) is 0 Å². The van der Waals surface area contributed by atoms with E-state index < -0.39 is 0 Å². The Morgan fingerprint density at radius 3 is 2.53 bits per heavy atom. The minimum Gasteiger partial charge on any atom is -0.393 e. The normalized spacial score (nSPS) is 16.1. The first-order chi connectivity index (χ1) is 8.13. The number of nitrogens with two attached hydrogens (primary N) is 1. The molecule has 1 aliphatic carbocycles. The van der Waals surface area contributed by atoms with Crippen LogP contribution in [0.1, 0.15) is 51.9 Å². The van der Waals surface area contributed by atoms with Crippen molar-refractivity contribution in [3.8, 4) is 0 Å². The predicted molar refractivity (Wildman–Crippen MR) is 74.8 cm³/mol. The quantitative estimate of drug-likeness (QED) is 0.712. The van der Waals surface area contributed by atoms with Crippen LogP contribution in [0.2, 0.25) is 0 Å². The highest BCUT2D eigenvalue weighted by molar-refractivity contribution is 7.80. The van der Waals surface area contributed by atoms with Crippen LogP contribution in [0.4, 0.5) is 0 Å². The van der Waals surface area contributed by atoms with Crippen LogP contribution >= 0.6 is 12.2 Å². The molecule has 1 fully saturated rings. The van der Waals surface area contributed by atoms with Gasteiger partial charge >= 0.3 is 0 Å². The van der Waals surface area contributed by atoms with Crippen LogP contribution < -0.4 is 5.73 Å². The molecule has 0 radical (unpaired) electrons. The van der Waals surface area contributed by atoms with Crippen molar-refractivity contribution in [2.45, 2.75) is 51.9 Å². The third-order valence-corrected chi connectivity index (χ3v) is 3.81. The zero-order valence-electron chi connectivity index (χ0n) is 10.8. The maximum atomic E-state index is 12.0. The van der Waals surface area contributed by atoms with Gasteiger partial charge in [0.25, 0.3) is 0 Å². The Bertz CT molecular complexity index is 262. The topological polar surface area (TPSA) is 46.3 Å². The Balaban J connectivity index is 2.24. The molecule has 1 aliphatic rings. The summed E-state index contributed by atoms with van der Waals surface area (Å²) >= 11 is 4.84. The van der Waals surface area contributed by atoms with Gasteiger partial charge in [-0.25, -0.2) is 0 Å². The SMILES string of the molecule is CCN(CCC(N)=S)C(=O)CCC1CCCC1. The van der Waals surface area contributed by atoms with Gasteiger partial charge in [-0.2, -0.15) is 0 Å². The smallest absolute Gasteiger partial charge is 0.222 e. The summed E-state index contributed by atoms with van der Waals surface area (Å²) in [7, 11) is 0. The van der Waals surface area contributed by atoms with Crippen molar-refractivity contribution in [2.75, 3.05) is 13.1 Å². The van der Waals surface area contributed by atoms with E-state index in [1.807, 2.05) is 11.8 Å². The summed E-state index contributed by atoms with van der Waals surface area (Å²) in [6, 6.07) is 0. The zero-order valence-corrected chi connectivity index (χ0v) is 11.6. The largest absolute Gasteiger partial charge is 0.393 e. The third-order valence-electron chi connectivity index (χ3n) is 3.60. The number of thiocarbonyl (C=S) groups is 1. The number of hydrogen-bond acceptors (Lipinski definition) is 2. The van der Waals surface area contributed by atoms with Crippen molar-refractivity contribution in [3.63, 3.8) is 0 Å². The highest BCUT2D eigenvalue weighted by Gasteiger charge is 2.18. The van der Waals surface area contributed by atoms with Gasteiger partial charge in [0.1, 0.15) is 0 Å². The first kappa shape index (κ1) is 14.4. The summed E-state index contributed by atoms with van der Waals surface area (Å²) in [5.41, 5.74) is 5.46. The minimum atomic E-state index is 0.260. The fourth-order valence-corrected chi connectivity index (χ4v) is 2.58. The Kier molecular flexibility index (Phi) is 6.48. The minimum absolute atomic E-state index is 0.260. The molecular formula is C13H24N2OS. The van der Waals surface area contributed by atoms with Gasteiger partial charge in [0.15, 0.2) is 0 Å². The Morgan fingerprint density at radius 2 is 2.00 bits per heavy atom.